The van der Waals surface area contributed by atoms with Crippen molar-refractivity contribution in [1.29, 1.82) is 0 Å². The van der Waals surface area contributed by atoms with Gasteiger partial charge in [-0.05, 0) is 38.0 Å². The van der Waals surface area contributed by atoms with E-state index in [0.717, 1.165) is 42.9 Å². The molecule has 0 saturated heterocycles. The lowest BCUT2D eigenvalue weighted by Crippen LogP contribution is -2.50. The Morgan fingerprint density at radius 2 is 1.81 bits per heavy atom. The number of ether oxygens (including phenoxy) is 2. The van der Waals surface area contributed by atoms with Crippen LogP contribution < -0.4 is 9.47 Å². The maximum Gasteiger partial charge on any atom is 0.292 e. The lowest BCUT2D eigenvalue weighted by molar-refractivity contribution is 0.0389. The first-order valence-corrected chi connectivity index (χ1v) is 10.9. The topological polar surface area (TPSA) is 95.5 Å². The number of fused-ring (bicyclic) bond motifs is 3. The SMILES string of the molecule is COc1ccc(-c2nnc3n2C2CCCCC2N(C(=O)c2oc(C)nc2C)C3)cc1OC. The molecule has 1 fully saturated rings. The number of rotatable bonds is 4. The first-order chi connectivity index (χ1) is 15.5. The lowest BCUT2D eigenvalue weighted by Gasteiger charge is -2.44. The molecule has 1 aliphatic heterocycles. The first kappa shape index (κ1) is 20.5. The Hall–Kier alpha value is -3.36. The lowest BCUT2D eigenvalue weighted by atomic mass is 9.87. The molecular weight excluding hydrogens is 410 g/mol. The fourth-order valence-corrected chi connectivity index (χ4v) is 5.06. The van der Waals surface area contributed by atoms with Crippen LogP contribution in [0, 0.1) is 13.8 Å². The van der Waals surface area contributed by atoms with Crippen molar-refractivity contribution in [1.82, 2.24) is 24.6 Å². The Balaban J connectivity index is 1.55. The average molecular weight is 438 g/mol. The fraction of sp³-hybridized carbons (Fsp3) is 0.478. The summed E-state index contributed by atoms with van der Waals surface area (Å²) >= 11 is 0. The van der Waals surface area contributed by atoms with Crippen molar-refractivity contribution >= 4 is 5.91 Å². The number of carbonyl (C=O) groups excluding carboxylic acids is 1. The summed E-state index contributed by atoms with van der Waals surface area (Å²) < 4.78 is 18.7. The van der Waals surface area contributed by atoms with E-state index < -0.39 is 0 Å². The van der Waals surface area contributed by atoms with Crippen LogP contribution in [0.4, 0.5) is 0 Å². The van der Waals surface area contributed by atoms with Crippen molar-refractivity contribution in [3.8, 4) is 22.9 Å². The van der Waals surface area contributed by atoms with Gasteiger partial charge in [0.25, 0.3) is 5.91 Å². The van der Waals surface area contributed by atoms with Crippen molar-refractivity contribution in [2.45, 2.75) is 58.2 Å². The number of methoxy groups -OCH3 is 2. The Morgan fingerprint density at radius 1 is 1.06 bits per heavy atom. The molecule has 3 heterocycles. The van der Waals surface area contributed by atoms with E-state index >= 15 is 0 Å². The molecule has 2 atom stereocenters. The van der Waals surface area contributed by atoms with Crippen molar-refractivity contribution in [3.63, 3.8) is 0 Å². The second kappa shape index (κ2) is 7.96. The van der Waals surface area contributed by atoms with Crippen LogP contribution in [0.5, 0.6) is 11.5 Å². The van der Waals surface area contributed by atoms with Gasteiger partial charge in [-0.3, -0.25) is 4.79 Å². The largest absolute Gasteiger partial charge is 0.493 e. The number of oxazole rings is 1. The number of benzene rings is 1. The van der Waals surface area contributed by atoms with E-state index in [2.05, 4.69) is 19.7 Å². The number of hydrogen-bond donors (Lipinski definition) is 0. The van der Waals surface area contributed by atoms with E-state index in [0.29, 0.717) is 35.4 Å². The molecule has 168 valence electrons. The molecular formula is C23H27N5O4. The number of aromatic nitrogens is 4. The third-order valence-electron chi connectivity index (χ3n) is 6.50. The molecule has 0 N–H and O–H groups in total. The van der Waals surface area contributed by atoms with Crippen molar-refractivity contribution < 1.29 is 18.7 Å². The van der Waals surface area contributed by atoms with Crippen LogP contribution >= 0.6 is 0 Å². The monoisotopic (exact) mass is 437 g/mol. The number of aryl methyl sites for hydroxylation is 2. The average Bonchev–Trinajstić information content (AvgIpc) is 3.40. The summed E-state index contributed by atoms with van der Waals surface area (Å²) in [6.07, 6.45) is 4.09. The van der Waals surface area contributed by atoms with Gasteiger partial charge in [-0.15, -0.1) is 10.2 Å². The van der Waals surface area contributed by atoms with E-state index in [1.54, 1.807) is 21.1 Å². The summed E-state index contributed by atoms with van der Waals surface area (Å²) in [6, 6.07) is 5.94. The summed E-state index contributed by atoms with van der Waals surface area (Å²) in [6.45, 7) is 3.96. The highest BCUT2D eigenvalue weighted by Crippen LogP contribution is 2.41. The van der Waals surface area contributed by atoms with Gasteiger partial charge in [0.1, 0.15) is 0 Å². The van der Waals surface area contributed by atoms with Gasteiger partial charge in [-0.25, -0.2) is 4.98 Å². The molecule has 32 heavy (non-hydrogen) atoms. The Bertz CT molecular complexity index is 1170. The molecule has 1 aliphatic carbocycles. The number of nitrogens with zero attached hydrogens (tertiary/aromatic N) is 5. The predicted octanol–water partition coefficient (Wildman–Crippen LogP) is 3.71. The highest BCUT2D eigenvalue weighted by Gasteiger charge is 2.42. The van der Waals surface area contributed by atoms with E-state index in [4.69, 9.17) is 13.9 Å². The highest BCUT2D eigenvalue weighted by molar-refractivity contribution is 5.92. The van der Waals surface area contributed by atoms with Crippen LogP contribution in [-0.2, 0) is 6.54 Å². The fourth-order valence-electron chi connectivity index (χ4n) is 5.06. The molecule has 1 amide bonds. The summed E-state index contributed by atoms with van der Waals surface area (Å²) in [5, 5.41) is 9.00. The molecule has 3 aromatic rings. The second-order valence-corrected chi connectivity index (χ2v) is 8.38. The van der Waals surface area contributed by atoms with E-state index in [9.17, 15) is 4.79 Å². The minimum atomic E-state index is -0.123. The number of hydrogen-bond acceptors (Lipinski definition) is 7. The molecule has 9 nitrogen and oxygen atoms in total. The van der Waals surface area contributed by atoms with Crippen LogP contribution in [0.3, 0.4) is 0 Å². The maximum absolute atomic E-state index is 13.4. The van der Waals surface area contributed by atoms with Crippen LogP contribution in [0.25, 0.3) is 11.4 Å². The van der Waals surface area contributed by atoms with Crippen LogP contribution in [-0.4, -0.2) is 50.8 Å². The number of carbonyl (C=O) groups is 1. The zero-order chi connectivity index (χ0) is 22.4. The third kappa shape index (κ3) is 3.23. The summed E-state index contributed by atoms with van der Waals surface area (Å²) in [7, 11) is 3.24. The van der Waals surface area contributed by atoms with E-state index in [1.165, 1.54) is 0 Å². The van der Waals surface area contributed by atoms with Gasteiger partial charge in [0.15, 0.2) is 29.0 Å². The third-order valence-corrected chi connectivity index (χ3v) is 6.50. The molecule has 0 spiro atoms. The van der Waals surface area contributed by atoms with Crippen molar-refractivity contribution in [3.05, 3.63) is 41.4 Å². The predicted molar refractivity (Wildman–Crippen MR) is 116 cm³/mol. The molecule has 0 bridgehead atoms. The van der Waals surface area contributed by atoms with Gasteiger partial charge >= 0.3 is 0 Å². The van der Waals surface area contributed by atoms with Gasteiger partial charge in [0.05, 0.1) is 38.5 Å². The first-order valence-electron chi connectivity index (χ1n) is 10.9. The van der Waals surface area contributed by atoms with Crippen molar-refractivity contribution in [2.24, 2.45) is 0 Å². The molecule has 1 aromatic carbocycles. The minimum absolute atomic E-state index is 0.0588. The number of amides is 1. The standard InChI is InChI=1S/C23H27N5O4/c1-13-21(32-14(2)24-13)23(29)27-12-20-25-26-22(28(20)17-8-6-5-7-16(17)27)15-9-10-18(30-3)19(11-15)31-4/h9-11,16-17H,5-8,12H2,1-4H3. The van der Waals surface area contributed by atoms with Crippen LogP contribution in [0.1, 0.15) is 59.7 Å². The summed E-state index contributed by atoms with van der Waals surface area (Å²) in [5.41, 5.74) is 1.53. The molecule has 5 rings (SSSR count). The van der Waals surface area contributed by atoms with Gasteiger partial charge < -0.3 is 23.4 Å². The van der Waals surface area contributed by atoms with Gasteiger partial charge in [0.2, 0.25) is 5.76 Å². The molecule has 0 radical (unpaired) electrons. The van der Waals surface area contributed by atoms with Gasteiger partial charge in [0, 0.05) is 12.5 Å². The molecule has 2 unspecified atom stereocenters. The zero-order valence-electron chi connectivity index (χ0n) is 18.8. The van der Waals surface area contributed by atoms with Crippen molar-refractivity contribution in [2.75, 3.05) is 14.2 Å². The zero-order valence-corrected chi connectivity index (χ0v) is 18.8. The Kier molecular flexibility index (Phi) is 5.11. The van der Waals surface area contributed by atoms with E-state index in [-0.39, 0.29) is 18.0 Å². The minimum Gasteiger partial charge on any atom is -0.493 e. The quantitative estimate of drug-likeness (QED) is 0.614. The molecule has 2 aromatic heterocycles. The van der Waals surface area contributed by atoms with Crippen LogP contribution in [0.2, 0.25) is 0 Å². The smallest absolute Gasteiger partial charge is 0.292 e. The van der Waals surface area contributed by atoms with Gasteiger partial charge in [-0.2, -0.15) is 0 Å². The molecule has 9 heteroatoms. The Labute approximate surface area is 186 Å². The normalized spacial score (nSPS) is 19.9. The maximum atomic E-state index is 13.4. The van der Waals surface area contributed by atoms with Crippen LogP contribution in [0.15, 0.2) is 22.6 Å². The highest BCUT2D eigenvalue weighted by atomic mass is 16.5. The summed E-state index contributed by atoms with van der Waals surface area (Å²) in [5.74, 6) is 3.58. The molecule has 2 aliphatic rings. The molecule has 1 saturated carbocycles. The van der Waals surface area contributed by atoms with Gasteiger partial charge in [-0.1, -0.05) is 12.8 Å². The Morgan fingerprint density at radius 3 is 2.50 bits per heavy atom. The summed E-state index contributed by atoms with van der Waals surface area (Å²) in [4.78, 5) is 19.6. The second-order valence-electron chi connectivity index (χ2n) is 8.38. The van der Waals surface area contributed by atoms with E-state index in [1.807, 2.05) is 30.0 Å².